The number of phosphoric acid groups is 1. The van der Waals surface area contributed by atoms with Crippen LogP contribution in [0, 0.1) is 0 Å². The molecule has 9 heteroatoms. The van der Waals surface area contributed by atoms with Crippen LogP contribution < -0.4 is 0 Å². The molecule has 0 aliphatic heterocycles. The third kappa shape index (κ3) is 41.8. The Balaban J connectivity index is 4.10. The van der Waals surface area contributed by atoms with E-state index < -0.39 is 32.5 Å². The summed E-state index contributed by atoms with van der Waals surface area (Å²) in [5, 5.41) is 0. The van der Waals surface area contributed by atoms with Gasteiger partial charge < -0.3 is 19.3 Å². The van der Waals surface area contributed by atoms with Crippen molar-refractivity contribution in [2.75, 3.05) is 13.2 Å². The Hall–Kier alpha value is -2.77. The van der Waals surface area contributed by atoms with Gasteiger partial charge in [0.1, 0.15) is 6.61 Å². The molecule has 0 saturated carbocycles. The van der Waals surface area contributed by atoms with Crippen LogP contribution in [0.4, 0.5) is 0 Å². The minimum Gasteiger partial charge on any atom is -0.462 e. The van der Waals surface area contributed by atoms with E-state index in [2.05, 4.69) is 91.3 Å². The van der Waals surface area contributed by atoms with Crippen LogP contribution in [-0.2, 0) is 28.2 Å². The Kier molecular flexibility index (Phi) is 36.9. The summed E-state index contributed by atoms with van der Waals surface area (Å²) in [6.45, 7) is 3.49. The van der Waals surface area contributed by atoms with Gasteiger partial charge in [-0.3, -0.25) is 14.1 Å². The monoisotopic (exact) mass is 761 g/mol. The lowest BCUT2D eigenvalue weighted by molar-refractivity contribution is -0.161. The van der Waals surface area contributed by atoms with Crippen molar-refractivity contribution < 1.29 is 37.9 Å². The molecule has 0 unspecified atom stereocenters. The van der Waals surface area contributed by atoms with Gasteiger partial charge >= 0.3 is 19.8 Å². The van der Waals surface area contributed by atoms with Crippen molar-refractivity contribution in [3.63, 3.8) is 0 Å². The Morgan fingerprint density at radius 2 is 0.943 bits per heavy atom. The van der Waals surface area contributed by atoms with Gasteiger partial charge in [0.25, 0.3) is 0 Å². The second-order valence-electron chi connectivity index (χ2n) is 13.2. The zero-order valence-corrected chi connectivity index (χ0v) is 34.0. The molecule has 0 radical (unpaired) electrons. The van der Waals surface area contributed by atoms with Gasteiger partial charge in [-0.05, 0) is 77.0 Å². The molecular weight excluding hydrogens is 687 g/mol. The van der Waals surface area contributed by atoms with Gasteiger partial charge in [-0.2, -0.15) is 0 Å². The van der Waals surface area contributed by atoms with Crippen molar-refractivity contribution in [2.24, 2.45) is 0 Å². The van der Waals surface area contributed by atoms with Crippen LogP contribution in [-0.4, -0.2) is 41.0 Å². The van der Waals surface area contributed by atoms with Crippen LogP contribution in [0.5, 0.6) is 0 Å². The van der Waals surface area contributed by atoms with E-state index in [-0.39, 0.29) is 19.4 Å². The number of hydrogen-bond acceptors (Lipinski definition) is 6. The number of phosphoric ester groups is 1. The number of rotatable bonds is 36. The molecule has 0 aromatic carbocycles. The second-order valence-corrected chi connectivity index (χ2v) is 14.5. The molecule has 0 bridgehead atoms. The van der Waals surface area contributed by atoms with E-state index in [0.29, 0.717) is 12.8 Å². The van der Waals surface area contributed by atoms with E-state index in [1.54, 1.807) is 0 Å². The van der Waals surface area contributed by atoms with Crippen molar-refractivity contribution in [2.45, 2.75) is 168 Å². The van der Waals surface area contributed by atoms with Crippen LogP contribution >= 0.6 is 7.82 Å². The highest BCUT2D eigenvalue weighted by molar-refractivity contribution is 7.46. The molecule has 53 heavy (non-hydrogen) atoms. The van der Waals surface area contributed by atoms with Crippen molar-refractivity contribution in [1.29, 1.82) is 0 Å². The van der Waals surface area contributed by atoms with Crippen molar-refractivity contribution in [1.82, 2.24) is 0 Å². The molecule has 0 heterocycles. The zero-order chi connectivity index (χ0) is 38.9. The van der Waals surface area contributed by atoms with Gasteiger partial charge in [0.2, 0.25) is 0 Å². The van der Waals surface area contributed by atoms with E-state index in [0.717, 1.165) is 70.6 Å². The average Bonchev–Trinajstić information content (AvgIpc) is 3.13. The summed E-state index contributed by atoms with van der Waals surface area (Å²) in [5.74, 6) is -0.999. The van der Waals surface area contributed by atoms with Crippen LogP contribution in [0.15, 0.2) is 85.1 Å². The standard InChI is InChI=1S/C44H73O8P/c1-3-5-7-9-11-13-15-17-19-21-22-23-25-27-29-31-33-35-37-39-44(46)52-42(41-51-53(47,48)49)40-50-43(45)38-36-34-32-30-28-26-24-20-18-16-14-12-10-8-6-4-2/h5,7,11,13,17,19-20,22-24,27,29,33,35,42H,3-4,6,8-10,12,14-16,18,21,25-26,28,30-32,34,36-41H2,1-2H3,(H2,47,48,49)/b7-5-,13-11-,19-17-,23-22-,24-20-,29-27-,35-33-/t42-/m1/s1. The fourth-order valence-corrected chi connectivity index (χ4v) is 5.52. The smallest absolute Gasteiger partial charge is 0.462 e. The fourth-order valence-electron chi connectivity index (χ4n) is 5.16. The first-order valence-corrected chi connectivity index (χ1v) is 21.9. The van der Waals surface area contributed by atoms with Gasteiger partial charge in [-0.15, -0.1) is 0 Å². The summed E-state index contributed by atoms with van der Waals surface area (Å²) < 4.78 is 26.3. The summed E-state index contributed by atoms with van der Waals surface area (Å²) in [7, 11) is -4.78. The highest BCUT2D eigenvalue weighted by Crippen LogP contribution is 2.36. The maximum absolute atomic E-state index is 12.4. The van der Waals surface area contributed by atoms with Gasteiger partial charge in [0.15, 0.2) is 6.10 Å². The summed E-state index contributed by atoms with van der Waals surface area (Å²) in [4.78, 5) is 42.8. The van der Waals surface area contributed by atoms with E-state index in [4.69, 9.17) is 19.3 Å². The summed E-state index contributed by atoms with van der Waals surface area (Å²) >= 11 is 0. The SMILES string of the molecule is CC/C=C\C/C=C\C/C=C\C/C=C\C/C=C\C/C=C\CCC(=O)O[C@H](COC(=O)CCCCCCC/C=C\CCCCCCCCC)COP(=O)(O)O. The molecule has 0 aliphatic rings. The minimum absolute atomic E-state index is 0.0809. The molecule has 8 nitrogen and oxygen atoms in total. The molecule has 0 aromatic heterocycles. The fraction of sp³-hybridized carbons (Fsp3) is 0.636. The van der Waals surface area contributed by atoms with Gasteiger partial charge in [0.05, 0.1) is 6.61 Å². The third-order valence-electron chi connectivity index (χ3n) is 8.16. The van der Waals surface area contributed by atoms with Crippen LogP contribution in [0.3, 0.4) is 0 Å². The predicted octanol–water partition coefficient (Wildman–Crippen LogP) is 12.5. The average molecular weight is 761 g/mol. The topological polar surface area (TPSA) is 119 Å². The number of allylic oxidation sites excluding steroid dienone is 14. The van der Waals surface area contributed by atoms with E-state index >= 15 is 0 Å². The molecule has 1 atom stereocenters. The van der Waals surface area contributed by atoms with Gasteiger partial charge in [0, 0.05) is 12.8 Å². The van der Waals surface area contributed by atoms with Crippen molar-refractivity contribution in [3.05, 3.63) is 85.1 Å². The molecule has 0 amide bonds. The molecule has 0 aromatic rings. The molecule has 0 saturated heterocycles. The first-order valence-electron chi connectivity index (χ1n) is 20.4. The lowest BCUT2D eigenvalue weighted by atomic mass is 10.1. The number of ether oxygens (including phenoxy) is 2. The Morgan fingerprint density at radius 3 is 1.43 bits per heavy atom. The molecule has 302 valence electrons. The van der Waals surface area contributed by atoms with Gasteiger partial charge in [-0.1, -0.05) is 157 Å². The van der Waals surface area contributed by atoms with Crippen LogP contribution in [0.25, 0.3) is 0 Å². The highest BCUT2D eigenvalue weighted by Gasteiger charge is 2.22. The second kappa shape index (κ2) is 38.9. The molecule has 2 N–H and O–H groups in total. The number of esters is 2. The minimum atomic E-state index is -4.78. The lowest BCUT2D eigenvalue weighted by Crippen LogP contribution is -2.29. The summed E-state index contributed by atoms with van der Waals surface area (Å²) in [5.41, 5.74) is 0. The Morgan fingerprint density at radius 1 is 0.509 bits per heavy atom. The maximum atomic E-state index is 12.4. The van der Waals surface area contributed by atoms with Gasteiger partial charge in [-0.25, -0.2) is 4.57 Å². The van der Waals surface area contributed by atoms with E-state index in [1.165, 1.54) is 51.4 Å². The number of hydrogen-bond donors (Lipinski definition) is 2. The maximum Gasteiger partial charge on any atom is 0.469 e. The van der Waals surface area contributed by atoms with Crippen LogP contribution in [0.1, 0.15) is 162 Å². The number of unbranched alkanes of at least 4 members (excludes halogenated alkanes) is 12. The summed E-state index contributed by atoms with van der Waals surface area (Å²) in [6, 6.07) is 0. The highest BCUT2D eigenvalue weighted by atomic mass is 31.2. The lowest BCUT2D eigenvalue weighted by Gasteiger charge is -2.18. The first kappa shape index (κ1) is 50.2. The largest absolute Gasteiger partial charge is 0.469 e. The Labute approximate surface area is 322 Å². The predicted molar refractivity (Wildman–Crippen MR) is 220 cm³/mol. The quantitative estimate of drug-likeness (QED) is 0.0280. The van der Waals surface area contributed by atoms with Crippen molar-refractivity contribution in [3.8, 4) is 0 Å². The molecule has 0 fully saturated rings. The molecule has 0 spiro atoms. The Bertz CT molecular complexity index is 1130. The first-order chi connectivity index (χ1) is 25.8. The van der Waals surface area contributed by atoms with E-state index in [9.17, 15) is 14.2 Å². The molecule has 0 aliphatic carbocycles. The van der Waals surface area contributed by atoms with Crippen LogP contribution in [0.2, 0.25) is 0 Å². The third-order valence-corrected chi connectivity index (χ3v) is 8.65. The number of carbonyl (C=O) groups excluding carboxylic acids is 2. The van der Waals surface area contributed by atoms with E-state index in [1.807, 2.05) is 12.2 Å². The molecule has 0 rings (SSSR count). The molecular formula is C44H73O8P. The number of carbonyl (C=O) groups is 2. The van der Waals surface area contributed by atoms with Crippen molar-refractivity contribution >= 4 is 19.8 Å². The normalized spacial score (nSPS) is 13.4. The zero-order valence-electron chi connectivity index (χ0n) is 33.1. The summed E-state index contributed by atoms with van der Waals surface area (Å²) in [6.07, 6.45) is 51.7.